The summed E-state index contributed by atoms with van der Waals surface area (Å²) in [7, 11) is 0. The van der Waals surface area contributed by atoms with Gasteiger partial charge in [-0.15, -0.1) is 5.10 Å². The van der Waals surface area contributed by atoms with Gasteiger partial charge in [-0.3, -0.25) is 4.68 Å². The van der Waals surface area contributed by atoms with Crippen molar-refractivity contribution in [3.63, 3.8) is 0 Å². The standard InChI is InChI=1S/C16H22FN3O2/c1-4-20-11-13(18-19-20)8-7-12-9-15(21-5-2)16(22-6-3)10-14(12)17/h9-11H,4-8H2,1-3H3. The van der Waals surface area contributed by atoms with Crippen LogP contribution in [0.5, 0.6) is 11.5 Å². The van der Waals surface area contributed by atoms with Crippen LogP contribution >= 0.6 is 0 Å². The molecule has 2 aromatic rings. The first-order valence-corrected chi connectivity index (χ1v) is 7.64. The minimum absolute atomic E-state index is 0.283. The molecule has 0 aliphatic rings. The summed E-state index contributed by atoms with van der Waals surface area (Å²) in [6, 6.07) is 3.11. The Hall–Kier alpha value is -2.11. The molecule has 5 nitrogen and oxygen atoms in total. The lowest BCUT2D eigenvalue weighted by atomic mass is 10.1. The van der Waals surface area contributed by atoms with Crippen LogP contribution in [0.25, 0.3) is 0 Å². The minimum Gasteiger partial charge on any atom is -0.490 e. The third-order valence-corrected chi connectivity index (χ3v) is 3.27. The maximum atomic E-state index is 14.2. The molecule has 6 heteroatoms. The maximum absolute atomic E-state index is 14.2. The van der Waals surface area contributed by atoms with Crippen LogP contribution in [0.15, 0.2) is 18.3 Å². The largest absolute Gasteiger partial charge is 0.490 e. The summed E-state index contributed by atoms with van der Waals surface area (Å²) in [6.45, 7) is 7.51. The number of aryl methyl sites for hydroxylation is 3. The highest BCUT2D eigenvalue weighted by Gasteiger charge is 2.13. The SMILES string of the molecule is CCOc1cc(F)c(CCc2cn(CC)nn2)cc1OCC. The van der Waals surface area contributed by atoms with Gasteiger partial charge in [-0.1, -0.05) is 5.21 Å². The Morgan fingerprint density at radius 1 is 1.05 bits per heavy atom. The Kier molecular flexibility index (Phi) is 5.75. The fourth-order valence-corrected chi connectivity index (χ4v) is 2.18. The smallest absolute Gasteiger partial charge is 0.164 e. The topological polar surface area (TPSA) is 49.2 Å². The number of hydrogen-bond donors (Lipinski definition) is 0. The van der Waals surface area contributed by atoms with Crippen LogP contribution in [0.1, 0.15) is 32.0 Å². The van der Waals surface area contributed by atoms with Crippen LogP contribution in [-0.2, 0) is 19.4 Å². The van der Waals surface area contributed by atoms with Crippen molar-refractivity contribution in [1.82, 2.24) is 15.0 Å². The first-order valence-electron chi connectivity index (χ1n) is 7.64. The molecule has 0 spiro atoms. The van der Waals surface area contributed by atoms with E-state index >= 15 is 0 Å². The van der Waals surface area contributed by atoms with Gasteiger partial charge in [-0.05, 0) is 45.2 Å². The lowest BCUT2D eigenvalue weighted by Crippen LogP contribution is -2.02. The van der Waals surface area contributed by atoms with Crippen molar-refractivity contribution in [3.8, 4) is 11.5 Å². The summed E-state index contributed by atoms with van der Waals surface area (Å²) in [5.41, 5.74) is 1.45. The Morgan fingerprint density at radius 3 is 2.32 bits per heavy atom. The first kappa shape index (κ1) is 16.3. The monoisotopic (exact) mass is 307 g/mol. The summed E-state index contributed by atoms with van der Waals surface area (Å²) >= 11 is 0. The van der Waals surface area contributed by atoms with E-state index in [-0.39, 0.29) is 5.82 Å². The van der Waals surface area contributed by atoms with Crippen molar-refractivity contribution < 1.29 is 13.9 Å². The van der Waals surface area contributed by atoms with Crippen molar-refractivity contribution in [2.24, 2.45) is 0 Å². The predicted molar refractivity (Wildman–Crippen MR) is 81.8 cm³/mol. The summed E-state index contributed by atoms with van der Waals surface area (Å²) in [6.07, 6.45) is 3.06. The van der Waals surface area contributed by atoms with E-state index in [4.69, 9.17) is 9.47 Å². The van der Waals surface area contributed by atoms with E-state index in [1.807, 2.05) is 27.0 Å². The molecule has 0 unspecified atom stereocenters. The fraction of sp³-hybridized carbons (Fsp3) is 0.500. The number of hydrogen-bond acceptors (Lipinski definition) is 4. The Morgan fingerprint density at radius 2 is 1.73 bits per heavy atom. The second-order valence-corrected chi connectivity index (χ2v) is 4.82. The Labute approximate surface area is 130 Å². The molecule has 0 aliphatic heterocycles. The molecule has 2 rings (SSSR count). The third-order valence-electron chi connectivity index (χ3n) is 3.27. The molecule has 22 heavy (non-hydrogen) atoms. The van der Waals surface area contributed by atoms with Crippen molar-refractivity contribution in [2.75, 3.05) is 13.2 Å². The van der Waals surface area contributed by atoms with Gasteiger partial charge in [0.1, 0.15) is 5.82 Å². The number of halogens is 1. The number of rotatable bonds is 8. The highest BCUT2D eigenvalue weighted by atomic mass is 19.1. The zero-order valence-electron chi connectivity index (χ0n) is 13.3. The van der Waals surface area contributed by atoms with E-state index in [0.717, 1.165) is 12.2 Å². The zero-order chi connectivity index (χ0) is 15.9. The number of ether oxygens (including phenoxy) is 2. The van der Waals surface area contributed by atoms with E-state index in [1.54, 1.807) is 10.7 Å². The molecule has 0 atom stereocenters. The van der Waals surface area contributed by atoms with Gasteiger partial charge < -0.3 is 9.47 Å². The van der Waals surface area contributed by atoms with E-state index in [0.29, 0.717) is 43.1 Å². The molecular weight excluding hydrogens is 285 g/mol. The second-order valence-electron chi connectivity index (χ2n) is 4.82. The summed E-state index contributed by atoms with van der Waals surface area (Å²) < 4.78 is 26.9. The molecular formula is C16H22FN3O2. The summed E-state index contributed by atoms with van der Waals surface area (Å²) in [5.74, 6) is 0.746. The van der Waals surface area contributed by atoms with Gasteiger partial charge >= 0.3 is 0 Å². The highest BCUT2D eigenvalue weighted by molar-refractivity contribution is 5.44. The minimum atomic E-state index is -0.283. The number of benzene rings is 1. The quantitative estimate of drug-likeness (QED) is 0.752. The zero-order valence-corrected chi connectivity index (χ0v) is 13.3. The normalized spacial score (nSPS) is 10.7. The molecule has 1 aromatic heterocycles. The highest BCUT2D eigenvalue weighted by Crippen LogP contribution is 2.31. The predicted octanol–water partition coefficient (Wildman–Crippen LogP) is 3.02. The molecule has 0 N–H and O–H groups in total. The van der Waals surface area contributed by atoms with Crippen LogP contribution in [-0.4, -0.2) is 28.2 Å². The van der Waals surface area contributed by atoms with Crippen molar-refractivity contribution in [1.29, 1.82) is 0 Å². The van der Waals surface area contributed by atoms with Gasteiger partial charge in [0.05, 0.1) is 18.9 Å². The molecule has 0 saturated carbocycles. The van der Waals surface area contributed by atoms with Crippen molar-refractivity contribution in [3.05, 3.63) is 35.4 Å². The van der Waals surface area contributed by atoms with Gasteiger partial charge in [0.15, 0.2) is 11.5 Å². The van der Waals surface area contributed by atoms with Crippen LogP contribution in [0.4, 0.5) is 4.39 Å². The summed E-state index contributed by atoms with van der Waals surface area (Å²) in [4.78, 5) is 0. The average Bonchev–Trinajstić information content (AvgIpc) is 2.97. The number of nitrogens with zero attached hydrogens (tertiary/aromatic N) is 3. The van der Waals surface area contributed by atoms with Crippen molar-refractivity contribution in [2.45, 2.75) is 40.2 Å². The van der Waals surface area contributed by atoms with E-state index in [1.165, 1.54) is 6.07 Å². The molecule has 0 saturated heterocycles. The van der Waals surface area contributed by atoms with Crippen LogP contribution in [0.2, 0.25) is 0 Å². The molecule has 1 aromatic carbocycles. The molecule has 120 valence electrons. The number of aromatic nitrogens is 3. The molecule has 0 radical (unpaired) electrons. The van der Waals surface area contributed by atoms with Crippen LogP contribution in [0, 0.1) is 5.82 Å². The van der Waals surface area contributed by atoms with Crippen LogP contribution < -0.4 is 9.47 Å². The van der Waals surface area contributed by atoms with E-state index in [9.17, 15) is 4.39 Å². The van der Waals surface area contributed by atoms with Gasteiger partial charge in [0.2, 0.25) is 0 Å². The summed E-state index contributed by atoms with van der Waals surface area (Å²) in [5, 5.41) is 8.06. The third kappa shape index (κ3) is 3.96. The van der Waals surface area contributed by atoms with Gasteiger partial charge in [0, 0.05) is 18.8 Å². The molecule has 0 fully saturated rings. The van der Waals surface area contributed by atoms with E-state index in [2.05, 4.69) is 10.3 Å². The lowest BCUT2D eigenvalue weighted by molar-refractivity contribution is 0.285. The molecule has 0 bridgehead atoms. The van der Waals surface area contributed by atoms with Crippen LogP contribution in [0.3, 0.4) is 0 Å². The maximum Gasteiger partial charge on any atom is 0.164 e. The second kappa shape index (κ2) is 7.77. The Balaban J connectivity index is 2.13. The Bertz CT molecular complexity index is 613. The van der Waals surface area contributed by atoms with Gasteiger partial charge in [-0.2, -0.15) is 0 Å². The molecule has 0 aliphatic carbocycles. The van der Waals surface area contributed by atoms with E-state index < -0.39 is 0 Å². The molecule has 0 amide bonds. The lowest BCUT2D eigenvalue weighted by Gasteiger charge is -2.13. The van der Waals surface area contributed by atoms with Gasteiger partial charge in [-0.25, -0.2) is 4.39 Å². The van der Waals surface area contributed by atoms with Crippen molar-refractivity contribution >= 4 is 0 Å². The first-order chi connectivity index (χ1) is 10.7. The fourth-order valence-electron chi connectivity index (χ4n) is 2.18. The van der Waals surface area contributed by atoms with Gasteiger partial charge in [0.25, 0.3) is 0 Å². The molecule has 1 heterocycles. The average molecular weight is 307 g/mol.